The van der Waals surface area contributed by atoms with E-state index in [9.17, 15) is 14.4 Å². The Morgan fingerprint density at radius 1 is 1.00 bits per heavy atom. The van der Waals surface area contributed by atoms with Crippen LogP contribution in [0.4, 0.5) is 0 Å². The van der Waals surface area contributed by atoms with Crippen LogP contribution in [0.2, 0.25) is 0 Å². The molecule has 0 aliphatic carbocycles. The summed E-state index contributed by atoms with van der Waals surface area (Å²) in [7, 11) is 0. The third kappa shape index (κ3) is 9.33. The number of carbonyl (C=O) groups is 3. The van der Waals surface area contributed by atoms with E-state index in [-0.39, 0.29) is 12.2 Å². The highest BCUT2D eigenvalue weighted by molar-refractivity contribution is 5.90. The van der Waals surface area contributed by atoms with Gasteiger partial charge in [-0.2, -0.15) is 0 Å². The number of Topliss-reactive ketones (excluding diaryl/α,β-unsaturated/α-hetero) is 1. The summed E-state index contributed by atoms with van der Waals surface area (Å²) in [6.07, 6.45) is 0.0423. The zero-order chi connectivity index (χ0) is 20.8. The quantitative estimate of drug-likeness (QED) is 0.733. The first-order valence-corrected chi connectivity index (χ1v) is 9.05. The van der Waals surface area contributed by atoms with Gasteiger partial charge in [-0.15, -0.1) is 0 Å². The normalized spacial score (nSPS) is 13.0. The minimum Gasteiger partial charge on any atom is -0.459 e. The Morgan fingerprint density at radius 2 is 1.59 bits per heavy atom. The van der Waals surface area contributed by atoms with E-state index >= 15 is 0 Å². The molecule has 0 amide bonds. The standard InChI is InChI=1S/C21H31NO5/c1-14(23)11-17(19(25)27-21(5,6)7)22-13-15-9-8-10-16(12-15)18(24)26-20(2,3)4/h8-10,12,17,22H,11,13H2,1-7H3/t17-/m0/s1. The maximum absolute atomic E-state index is 12.3. The van der Waals surface area contributed by atoms with Gasteiger partial charge in [0.1, 0.15) is 23.0 Å². The van der Waals surface area contributed by atoms with E-state index in [1.807, 2.05) is 26.8 Å². The summed E-state index contributed by atoms with van der Waals surface area (Å²) in [5.74, 6) is -0.987. The fraction of sp³-hybridized carbons (Fsp3) is 0.571. The summed E-state index contributed by atoms with van der Waals surface area (Å²) in [4.78, 5) is 36.0. The van der Waals surface area contributed by atoms with E-state index in [4.69, 9.17) is 9.47 Å². The average Bonchev–Trinajstić information content (AvgIpc) is 2.48. The molecule has 0 unspecified atom stereocenters. The maximum atomic E-state index is 12.3. The minimum absolute atomic E-state index is 0.0423. The first-order valence-electron chi connectivity index (χ1n) is 9.05. The Bertz CT molecular complexity index is 683. The van der Waals surface area contributed by atoms with Gasteiger partial charge in [0.25, 0.3) is 0 Å². The van der Waals surface area contributed by atoms with Crippen LogP contribution < -0.4 is 5.32 Å². The predicted octanol–water partition coefficient (Wildman–Crippen LogP) is 3.42. The van der Waals surface area contributed by atoms with Crippen LogP contribution in [0.1, 0.15) is 70.8 Å². The fourth-order valence-electron chi connectivity index (χ4n) is 2.29. The van der Waals surface area contributed by atoms with Crippen LogP contribution in [0.15, 0.2) is 24.3 Å². The van der Waals surface area contributed by atoms with E-state index in [2.05, 4.69) is 5.32 Å². The number of ether oxygens (including phenoxy) is 2. The van der Waals surface area contributed by atoms with Crippen molar-refractivity contribution in [1.82, 2.24) is 5.32 Å². The van der Waals surface area contributed by atoms with Crippen molar-refractivity contribution in [3.63, 3.8) is 0 Å². The summed E-state index contributed by atoms with van der Waals surface area (Å²) in [6, 6.07) is 6.23. The Morgan fingerprint density at radius 3 is 2.11 bits per heavy atom. The topological polar surface area (TPSA) is 81.7 Å². The lowest BCUT2D eigenvalue weighted by Gasteiger charge is -2.24. The fourth-order valence-corrected chi connectivity index (χ4v) is 2.29. The van der Waals surface area contributed by atoms with Gasteiger partial charge in [-0.3, -0.25) is 14.9 Å². The Labute approximate surface area is 161 Å². The number of rotatable bonds is 7. The summed E-state index contributed by atoms with van der Waals surface area (Å²) in [6.45, 7) is 12.5. The molecule has 150 valence electrons. The van der Waals surface area contributed by atoms with Gasteiger partial charge in [0.05, 0.1) is 5.56 Å². The molecular formula is C21H31NO5. The maximum Gasteiger partial charge on any atom is 0.338 e. The van der Waals surface area contributed by atoms with Gasteiger partial charge >= 0.3 is 11.9 Å². The number of benzene rings is 1. The molecule has 0 saturated carbocycles. The number of hydrogen-bond acceptors (Lipinski definition) is 6. The second-order valence-corrected chi connectivity index (χ2v) is 8.58. The van der Waals surface area contributed by atoms with E-state index in [1.165, 1.54) is 6.92 Å². The molecule has 1 aromatic carbocycles. The van der Waals surface area contributed by atoms with Crippen molar-refractivity contribution >= 4 is 17.7 Å². The molecule has 6 heteroatoms. The van der Waals surface area contributed by atoms with Crippen LogP contribution in [0.25, 0.3) is 0 Å². The van der Waals surface area contributed by atoms with Crippen molar-refractivity contribution < 1.29 is 23.9 Å². The van der Waals surface area contributed by atoms with Gasteiger partial charge in [0.15, 0.2) is 0 Å². The molecule has 0 aliphatic rings. The number of ketones is 1. The van der Waals surface area contributed by atoms with Gasteiger partial charge in [-0.1, -0.05) is 12.1 Å². The average molecular weight is 377 g/mol. The SMILES string of the molecule is CC(=O)C[C@H](NCc1cccc(C(=O)OC(C)(C)C)c1)C(=O)OC(C)(C)C. The molecule has 1 rings (SSSR count). The summed E-state index contributed by atoms with van der Waals surface area (Å²) in [5, 5.41) is 3.06. The summed E-state index contributed by atoms with van der Waals surface area (Å²) >= 11 is 0. The van der Waals surface area contributed by atoms with Crippen LogP contribution in [0.3, 0.4) is 0 Å². The van der Waals surface area contributed by atoms with E-state index in [0.717, 1.165) is 5.56 Å². The molecule has 27 heavy (non-hydrogen) atoms. The highest BCUT2D eigenvalue weighted by Crippen LogP contribution is 2.14. The van der Waals surface area contributed by atoms with Crippen LogP contribution in [-0.4, -0.2) is 35.0 Å². The first kappa shape index (κ1) is 22.8. The molecule has 0 radical (unpaired) electrons. The van der Waals surface area contributed by atoms with Crippen LogP contribution >= 0.6 is 0 Å². The van der Waals surface area contributed by atoms with Crippen molar-refractivity contribution in [1.29, 1.82) is 0 Å². The molecule has 0 spiro atoms. The first-order chi connectivity index (χ1) is 12.3. The van der Waals surface area contributed by atoms with Gasteiger partial charge in [-0.05, 0) is 66.2 Å². The number of carbonyl (C=O) groups excluding carboxylic acids is 3. The van der Waals surface area contributed by atoms with Crippen molar-refractivity contribution in [2.75, 3.05) is 0 Å². The van der Waals surface area contributed by atoms with Gasteiger partial charge < -0.3 is 9.47 Å². The molecule has 0 aliphatic heterocycles. The second-order valence-electron chi connectivity index (χ2n) is 8.58. The molecule has 1 aromatic rings. The molecule has 6 nitrogen and oxygen atoms in total. The van der Waals surface area contributed by atoms with Gasteiger partial charge in [0.2, 0.25) is 0 Å². The van der Waals surface area contributed by atoms with Crippen LogP contribution in [0.5, 0.6) is 0 Å². The molecule has 0 saturated heterocycles. The minimum atomic E-state index is -0.744. The summed E-state index contributed by atoms with van der Waals surface area (Å²) in [5.41, 5.74) is 0.0269. The highest BCUT2D eigenvalue weighted by atomic mass is 16.6. The summed E-state index contributed by atoms with van der Waals surface area (Å²) < 4.78 is 10.8. The molecule has 0 aromatic heterocycles. The van der Waals surface area contributed by atoms with Crippen LogP contribution in [-0.2, 0) is 25.6 Å². The molecule has 0 bridgehead atoms. The lowest BCUT2D eigenvalue weighted by Crippen LogP contribution is -2.42. The lowest BCUT2D eigenvalue weighted by molar-refractivity contribution is -0.158. The van der Waals surface area contributed by atoms with Crippen molar-refractivity contribution in [3.8, 4) is 0 Å². The van der Waals surface area contributed by atoms with Gasteiger partial charge in [0, 0.05) is 13.0 Å². The predicted molar refractivity (Wildman–Crippen MR) is 103 cm³/mol. The van der Waals surface area contributed by atoms with E-state index in [1.54, 1.807) is 39.0 Å². The second kappa shape index (κ2) is 9.13. The number of hydrogen-bond donors (Lipinski definition) is 1. The number of nitrogens with one attached hydrogen (secondary N) is 1. The monoisotopic (exact) mass is 377 g/mol. The highest BCUT2D eigenvalue weighted by Gasteiger charge is 2.26. The molecule has 1 N–H and O–H groups in total. The third-order valence-electron chi connectivity index (χ3n) is 3.30. The zero-order valence-corrected chi connectivity index (χ0v) is 17.3. The van der Waals surface area contributed by atoms with Gasteiger partial charge in [-0.25, -0.2) is 4.79 Å². The van der Waals surface area contributed by atoms with Crippen molar-refractivity contribution in [3.05, 3.63) is 35.4 Å². The lowest BCUT2D eigenvalue weighted by atomic mass is 10.1. The van der Waals surface area contributed by atoms with Crippen molar-refractivity contribution in [2.24, 2.45) is 0 Å². The number of esters is 2. The largest absolute Gasteiger partial charge is 0.459 e. The molecule has 0 fully saturated rings. The Kier molecular flexibility index (Phi) is 7.72. The Balaban J connectivity index is 2.83. The molecule has 1 atom stereocenters. The van der Waals surface area contributed by atoms with E-state index < -0.39 is 29.2 Å². The smallest absolute Gasteiger partial charge is 0.338 e. The Hall–Kier alpha value is -2.21. The molecule has 0 heterocycles. The zero-order valence-electron chi connectivity index (χ0n) is 17.3. The molecular weight excluding hydrogens is 346 g/mol. The van der Waals surface area contributed by atoms with Crippen molar-refractivity contribution in [2.45, 2.75) is 78.7 Å². The third-order valence-corrected chi connectivity index (χ3v) is 3.30. The van der Waals surface area contributed by atoms with Crippen LogP contribution in [0, 0.1) is 0 Å². The van der Waals surface area contributed by atoms with E-state index in [0.29, 0.717) is 12.1 Å².